The average Bonchev–Trinajstić information content (AvgIpc) is 3.02. The van der Waals surface area contributed by atoms with Crippen molar-refractivity contribution >= 4 is 40.3 Å². The van der Waals surface area contributed by atoms with Crippen molar-refractivity contribution in [3.63, 3.8) is 0 Å². The summed E-state index contributed by atoms with van der Waals surface area (Å²) in [6, 6.07) is 25.8. The predicted octanol–water partition coefficient (Wildman–Crippen LogP) is 5.98. The number of nitrogens with zero attached hydrogens (tertiary/aromatic N) is 1. The normalized spacial score (nSPS) is 15.1. The second-order valence-electron chi connectivity index (χ2n) is 7.01. The molecule has 1 aliphatic heterocycles. The minimum absolute atomic E-state index is 0.0671. The zero-order valence-electron chi connectivity index (χ0n) is 16.6. The van der Waals surface area contributed by atoms with Crippen molar-refractivity contribution in [1.29, 1.82) is 0 Å². The molecule has 3 aromatic carbocycles. The molecule has 0 bridgehead atoms. The Morgan fingerprint density at radius 1 is 0.967 bits per heavy atom. The van der Waals surface area contributed by atoms with Gasteiger partial charge in [-0.25, -0.2) is 0 Å². The fourth-order valence-corrected chi connectivity index (χ4v) is 4.45. The fourth-order valence-electron chi connectivity index (χ4n) is 3.20. The van der Waals surface area contributed by atoms with Crippen LogP contribution in [0.5, 0.6) is 5.75 Å². The Kier molecular flexibility index (Phi) is 6.31. The highest BCUT2D eigenvalue weighted by Gasteiger charge is 2.32. The minimum atomic E-state index is -0.0671. The van der Waals surface area contributed by atoms with Gasteiger partial charge in [-0.15, -0.1) is 0 Å². The van der Waals surface area contributed by atoms with Gasteiger partial charge in [0.25, 0.3) is 5.91 Å². The molecular weight excluding hydrogens is 410 g/mol. The number of para-hydroxylation sites is 1. The molecule has 0 saturated carbocycles. The Hall–Kier alpha value is -2.89. The minimum Gasteiger partial charge on any atom is -0.488 e. The summed E-state index contributed by atoms with van der Waals surface area (Å²) in [6.45, 7) is 3.03. The molecule has 0 unspecified atom stereocenters. The molecule has 3 nitrogen and oxygen atoms in total. The Bertz CT molecular complexity index is 1110. The first-order valence-corrected chi connectivity index (χ1v) is 10.9. The van der Waals surface area contributed by atoms with Crippen LogP contribution in [0.15, 0.2) is 83.8 Å². The van der Waals surface area contributed by atoms with E-state index < -0.39 is 0 Å². The van der Waals surface area contributed by atoms with Gasteiger partial charge < -0.3 is 4.74 Å². The van der Waals surface area contributed by atoms with Crippen molar-refractivity contribution in [2.75, 3.05) is 0 Å². The highest BCUT2D eigenvalue weighted by Crippen LogP contribution is 2.35. The molecule has 0 radical (unpaired) electrons. The van der Waals surface area contributed by atoms with Gasteiger partial charge in [-0.1, -0.05) is 96.8 Å². The molecule has 30 heavy (non-hydrogen) atoms. The smallest absolute Gasteiger partial charge is 0.266 e. The van der Waals surface area contributed by atoms with Crippen LogP contribution >= 0.6 is 24.0 Å². The first-order valence-electron chi connectivity index (χ1n) is 9.67. The number of benzene rings is 3. The first-order chi connectivity index (χ1) is 14.6. The van der Waals surface area contributed by atoms with E-state index >= 15 is 0 Å². The first kappa shape index (κ1) is 20.4. The third kappa shape index (κ3) is 4.64. The molecule has 1 aliphatic rings. The van der Waals surface area contributed by atoms with E-state index in [4.69, 9.17) is 17.0 Å². The van der Waals surface area contributed by atoms with Crippen molar-refractivity contribution < 1.29 is 9.53 Å². The lowest BCUT2D eigenvalue weighted by Gasteiger charge is -2.14. The SMILES string of the molecule is Cc1ccccc1COc1ccccc1/C=C1\SC(=S)N(Cc2ccccc2)C1=O. The third-order valence-corrected chi connectivity index (χ3v) is 6.28. The molecule has 150 valence electrons. The Labute approximate surface area is 186 Å². The van der Waals surface area contributed by atoms with Crippen molar-refractivity contribution in [1.82, 2.24) is 4.90 Å². The largest absolute Gasteiger partial charge is 0.488 e. The summed E-state index contributed by atoms with van der Waals surface area (Å²) in [4.78, 5) is 15.2. The van der Waals surface area contributed by atoms with E-state index in [2.05, 4.69) is 19.1 Å². The summed E-state index contributed by atoms with van der Waals surface area (Å²) in [7, 11) is 0. The number of thioether (sulfide) groups is 1. The number of carbonyl (C=O) groups excluding carboxylic acids is 1. The molecule has 1 saturated heterocycles. The van der Waals surface area contributed by atoms with Crippen LogP contribution in [0.3, 0.4) is 0 Å². The van der Waals surface area contributed by atoms with Crippen LogP contribution in [-0.4, -0.2) is 15.1 Å². The van der Waals surface area contributed by atoms with Crippen molar-refractivity contribution in [3.05, 3.63) is 106 Å². The van der Waals surface area contributed by atoms with E-state index in [-0.39, 0.29) is 5.91 Å². The van der Waals surface area contributed by atoms with Gasteiger partial charge in [-0.3, -0.25) is 9.69 Å². The van der Waals surface area contributed by atoms with Gasteiger partial charge in [0.05, 0.1) is 11.4 Å². The van der Waals surface area contributed by atoms with Crippen molar-refractivity contribution in [2.24, 2.45) is 0 Å². The quantitative estimate of drug-likeness (QED) is 0.355. The molecule has 0 aliphatic carbocycles. The molecule has 3 aromatic rings. The monoisotopic (exact) mass is 431 g/mol. The maximum atomic E-state index is 13.0. The summed E-state index contributed by atoms with van der Waals surface area (Å²) in [5.41, 5.74) is 4.25. The van der Waals surface area contributed by atoms with Crippen molar-refractivity contribution in [2.45, 2.75) is 20.1 Å². The lowest BCUT2D eigenvalue weighted by molar-refractivity contribution is -0.122. The molecule has 0 atom stereocenters. The van der Waals surface area contributed by atoms with Gasteiger partial charge in [-0.2, -0.15) is 0 Å². The Morgan fingerprint density at radius 3 is 2.47 bits per heavy atom. The van der Waals surface area contributed by atoms with Gasteiger partial charge in [0, 0.05) is 5.56 Å². The van der Waals surface area contributed by atoms with Crippen LogP contribution in [0.1, 0.15) is 22.3 Å². The van der Waals surface area contributed by atoms with Gasteiger partial charge in [-0.05, 0) is 35.8 Å². The molecular formula is C25H21NO2S2. The van der Waals surface area contributed by atoms with Gasteiger partial charge >= 0.3 is 0 Å². The zero-order chi connectivity index (χ0) is 20.9. The lowest BCUT2D eigenvalue weighted by atomic mass is 10.1. The Balaban J connectivity index is 1.53. The number of ether oxygens (including phenoxy) is 1. The maximum Gasteiger partial charge on any atom is 0.266 e. The number of hydrogen-bond donors (Lipinski definition) is 0. The second kappa shape index (κ2) is 9.28. The molecule has 0 aromatic heterocycles. The van der Waals surface area contributed by atoms with Crippen molar-refractivity contribution in [3.8, 4) is 5.75 Å². The van der Waals surface area contributed by atoms with Crippen LogP contribution in [0.4, 0.5) is 0 Å². The van der Waals surface area contributed by atoms with Gasteiger partial charge in [0.15, 0.2) is 0 Å². The van der Waals surface area contributed by atoms with Crippen LogP contribution in [-0.2, 0) is 17.9 Å². The van der Waals surface area contributed by atoms with Gasteiger partial charge in [0.2, 0.25) is 0 Å². The fraction of sp³-hybridized carbons (Fsp3) is 0.120. The number of aryl methyl sites for hydroxylation is 1. The van der Waals surface area contributed by atoms with E-state index in [1.54, 1.807) is 4.90 Å². The predicted molar refractivity (Wildman–Crippen MR) is 127 cm³/mol. The molecule has 4 rings (SSSR count). The van der Waals surface area contributed by atoms with Crippen LogP contribution in [0, 0.1) is 6.92 Å². The molecule has 5 heteroatoms. The summed E-state index contributed by atoms with van der Waals surface area (Å²) in [5.74, 6) is 0.677. The highest BCUT2D eigenvalue weighted by atomic mass is 32.2. The number of amides is 1. The average molecular weight is 432 g/mol. The highest BCUT2D eigenvalue weighted by molar-refractivity contribution is 8.26. The molecule has 1 fully saturated rings. The number of hydrogen-bond acceptors (Lipinski definition) is 4. The van der Waals surface area contributed by atoms with Gasteiger partial charge in [0.1, 0.15) is 16.7 Å². The molecule has 0 N–H and O–H groups in total. The summed E-state index contributed by atoms with van der Waals surface area (Å²) >= 11 is 6.80. The number of rotatable bonds is 6. The maximum absolute atomic E-state index is 13.0. The molecule has 1 amide bonds. The topological polar surface area (TPSA) is 29.5 Å². The van der Waals surface area contributed by atoms with E-state index in [9.17, 15) is 4.79 Å². The van der Waals surface area contributed by atoms with E-state index in [1.165, 1.54) is 17.3 Å². The molecule has 1 heterocycles. The summed E-state index contributed by atoms with van der Waals surface area (Å²) in [6.07, 6.45) is 1.87. The second-order valence-corrected chi connectivity index (χ2v) is 8.68. The van der Waals surface area contributed by atoms with E-state index in [0.29, 0.717) is 22.4 Å². The summed E-state index contributed by atoms with van der Waals surface area (Å²) < 4.78 is 6.66. The van der Waals surface area contributed by atoms with Crippen LogP contribution < -0.4 is 4.74 Å². The van der Waals surface area contributed by atoms with Crippen LogP contribution in [0.25, 0.3) is 6.08 Å². The summed E-state index contributed by atoms with van der Waals surface area (Å²) in [5, 5.41) is 0. The number of thiocarbonyl (C=S) groups is 1. The zero-order valence-corrected chi connectivity index (χ0v) is 18.2. The van der Waals surface area contributed by atoms with E-state index in [1.807, 2.05) is 72.8 Å². The number of carbonyl (C=O) groups is 1. The lowest BCUT2D eigenvalue weighted by Crippen LogP contribution is -2.27. The Morgan fingerprint density at radius 2 is 1.67 bits per heavy atom. The van der Waals surface area contributed by atoms with Crippen LogP contribution in [0.2, 0.25) is 0 Å². The third-order valence-electron chi connectivity index (χ3n) is 4.91. The molecule has 0 spiro atoms. The standard InChI is InChI=1S/C25H21NO2S2/c1-18-9-5-6-13-21(18)17-28-22-14-8-7-12-20(22)15-23-24(27)26(25(29)30-23)16-19-10-3-2-4-11-19/h2-15H,16-17H2,1H3/b23-15-. The van der Waals surface area contributed by atoms with E-state index in [0.717, 1.165) is 22.4 Å².